The fraction of sp³-hybridized carbons (Fsp3) is 0.0870. The van der Waals surface area contributed by atoms with Gasteiger partial charge in [-0.1, -0.05) is 12.1 Å². The van der Waals surface area contributed by atoms with Crippen molar-refractivity contribution in [3.8, 4) is 28.2 Å². The number of nitrogens with one attached hydrogen (secondary N) is 1. The fourth-order valence-electron chi connectivity index (χ4n) is 3.76. The van der Waals surface area contributed by atoms with Crippen LogP contribution in [0.3, 0.4) is 0 Å². The van der Waals surface area contributed by atoms with Crippen LogP contribution in [0.1, 0.15) is 0 Å². The van der Waals surface area contributed by atoms with Crippen LogP contribution in [0.25, 0.3) is 39.2 Å². The second kappa shape index (κ2) is 7.45. The van der Waals surface area contributed by atoms with Gasteiger partial charge in [0.1, 0.15) is 12.0 Å². The first-order valence-corrected chi connectivity index (χ1v) is 9.83. The second-order valence-electron chi connectivity index (χ2n) is 7.59. The molecule has 3 N–H and O–H groups in total. The molecule has 0 spiro atoms. The van der Waals surface area contributed by atoms with Gasteiger partial charge in [0.25, 0.3) is 0 Å². The molecule has 0 amide bonds. The number of hydrogen-bond acceptors (Lipinski definition) is 5. The average Bonchev–Trinajstić information content (AvgIpc) is 3.41. The number of fused-ring (bicyclic) bond motifs is 1. The molecule has 0 unspecified atom stereocenters. The molecule has 0 saturated heterocycles. The minimum absolute atomic E-state index is 0.0236. The Morgan fingerprint density at radius 3 is 2.69 bits per heavy atom. The highest BCUT2D eigenvalue weighted by Crippen LogP contribution is 2.33. The Hall–Kier alpha value is -4.27. The Bertz CT molecular complexity index is 1450. The number of hydrogen-bond donors (Lipinski definition) is 2. The zero-order valence-electron chi connectivity index (χ0n) is 17.3. The number of nitrogen functional groups attached to an aromatic ring is 1. The molecule has 3 heterocycles. The van der Waals surface area contributed by atoms with Crippen LogP contribution in [0.4, 0.5) is 20.2 Å². The molecule has 7 nitrogen and oxygen atoms in total. The van der Waals surface area contributed by atoms with Gasteiger partial charge in [0, 0.05) is 43.0 Å². The standard InChI is InChI=1S/C23H19F2N7/c1-31(2)19-7-6-13(9-18(19)26)14-8-15-16(11-28-22(15)27-10-14)23-30-29-12-32(23)20-5-3-4-17(24)21(20)25/h3-12H,26H2,1-2H3,(H,27,28). The zero-order chi connectivity index (χ0) is 22.4. The summed E-state index contributed by atoms with van der Waals surface area (Å²) in [6, 6.07) is 11.8. The summed E-state index contributed by atoms with van der Waals surface area (Å²) in [5.41, 5.74) is 10.9. The molecular formula is C23H19F2N7. The number of H-pyrrole nitrogens is 1. The molecule has 2 aromatic carbocycles. The number of anilines is 2. The molecule has 0 aliphatic rings. The average molecular weight is 431 g/mol. The molecule has 9 heteroatoms. The first-order valence-electron chi connectivity index (χ1n) is 9.83. The van der Waals surface area contributed by atoms with Crippen molar-refractivity contribution in [3.63, 3.8) is 0 Å². The van der Waals surface area contributed by atoms with Crippen molar-refractivity contribution in [1.29, 1.82) is 0 Å². The van der Waals surface area contributed by atoms with Gasteiger partial charge in [-0.3, -0.25) is 4.57 Å². The van der Waals surface area contributed by atoms with E-state index in [1.54, 1.807) is 12.4 Å². The van der Waals surface area contributed by atoms with Gasteiger partial charge in [0.15, 0.2) is 17.5 Å². The third-order valence-corrected chi connectivity index (χ3v) is 5.35. The van der Waals surface area contributed by atoms with Gasteiger partial charge in [-0.25, -0.2) is 13.8 Å². The van der Waals surface area contributed by atoms with Gasteiger partial charge >= 0.3 is 0 Å². The van der Waals surface area contributed by atoms with Crippen molar-refractivity contribution in [3.05, 3.63) is 72.8 Å². The Balaban J connectivity index is 1.63. The molecule has 0 fully saturated rings. The molecule has 0 atom stereocenters. The van der Waals surface area contributed by atoms with Gasteiger partial charge in [-0.15, -0.1) is 10.2 Å². The predicted molar refractivity (Wildman–Crippen MR) is 121 cm³/mol. The largest absolute Gasteiger partial charge is 0.397 e. The quantitative estimate of drug-likeness (QED) is 0.412. The van der Waals surface area contributed by atoms with Crippen molar-refractivity contribution < 1.29 is 8.78 Å². The van der Waals surface area contributed by atoms with Crippen LogP contribution in [0.15, 0.2) is 61.2 Å². The van der Waals surface area contributed by atoms with Crippen LogP contribution in [-0.4, -0.2) is 38.8 Å². The van der Waals surface area contributed by atoms with E-state index in [0.29, 0.717) is 22.7 Å². The van der Waals surface area contributed by atoms with E-state index in [-0.39, 0.29) is 5.69 Å². The van der Waals surface area contributed by atoms with E-state index in [1.165, 1.54) is 23.0 Å². The number of aromatic amines is 1. The molecule has 0 aliphatic heterocycles. The highest BCUT2D eigenvalue weighted by molar-refractivity contribution is 5.94. The summed E-state index contributed by atoms with van der Waals surface area (Å²) >= 11 is 0. The minimum Gasteiger partial charge on any atom is -0.397 e. The summed E-state index contributed by atoms with van der Waals surface area (Å²) in [7, 11) is 3.87. The third-order valence-electron chi connectivity index (χ3n) is 5.35. The maximum atomic E-state index is 14.4. The molecule has 5 aromatic rings. The summed E-state index contributed by atoms with van der Waals surface area (Å²) in [5.74, 6) is -1.55. The molecular weight excluding hydrogens is 412 g/mol. The Morgan fingerprint density at radius 1 is 1.06 bits per heavy atom. The maximum Gasteiger partial charge on any atom is 0.182 e. The van der Waals surface area contributed by atoms with Crippen molar-refractivity contribution in [2.24, 2.45) is 0 Å². The van der Waals surface area contributed by atoms with Crippen LogP contribution >= 0.6 is 0 Å². The lowest BCUT2D eigenvalue weighted by molar-refractivity contribution is 0.504. The smallest absolute Gasteiger partial charge is 0.182 e. The number of nitrogens with two attached hydrogens (primary N) is 1. The second-order valence-corrected chi connectivity index (χ2v) is 7.59. The third kappa shape index (κ3) is 3.15. The summed E-state index contributed by atoms with van der Waals surface area (Å²) in [6.07, 6.45) is 4.83. The number of benzene rings is 2. The first kappa shape index (κ1) is 19.7. The van der Waals surface area contributed by atoms with E-state index in [4.69, 9.17) is 5.73 Å². The molecule has 5 rings (SSSR count). The number of rotatable bonds is 4. The summed E-state index contributed by atoms with van der Waals surface area (Å²) in [4.78, 5) is 9.56. The maximum absolute atomic E-state index is 14.4. The van der Waals surface area contributed by atoms with Gasteiger partial charge in [0.05, 0.1) is 17.1 Å². The van der Waals surface area contributed by atoms with Gasteiger partial charge in [-0.2, -0.15) is 0 Å². The van der Waals surface area contributed by atoms with Crippen LogP contribution in [0, 0.1) is 11.6 Å². The van der Waals surface area contributed by atoms with E-state index < -0.39 is 11.6 Å². The lowest BCUT2D eigenvalue weighted by Crippen LogP contribution is -2.10. The van der Waals surface area contributed by atoms with E-state index in [9.17, 15) is 8.78 Å². The zero-order valence-corrected chi connectivity index (χ0v) is 17.3. The van der Waals surface area contributed by atoms with Crippen molar-refractivity contribution in [2.45, 2.75) is 0 Å². The molecule has 3 aromatic heterocycles. The summed E-state index contributed by atoms with van der Waals surface area (Å²) in [6.45, 7) is 0. The SMILES string of the molecule is CN(C)c1ccc(-c2cnc3[nH]cc(-c4nncn4-c4cccc(F)c4F)c3c2)cc1N. The van der Waals surface area contributed by atoms with Gasteiger partial charge < -0.3 is 15.6 Å². The Labute approximate surface area is 182 Å². The number of pyridine rings is 1. The van der Waals surface area contributed by atoms with Gasteiger partial charge in [0.2, 0.25) is 0 Å². The molecule has 0 bridgehead atoms. The minimum atomic E-state index is -0.969. The van der Waals surface area contributed by atoms with E-state index in [0.717, 1.165) is 28.3 Å². The van der Waals surface area contributed by atoms with E-state index in [2.05, 4.69) is 20.2 Å². The number of halogens is 2. The molecule has 0 radical (unpaired) electrons. The van der Waals surface area contributed by atoms with Crippen molar-refractivity contribution in [2.75, 3.05) is 24.7 Å². The lowest BCUT2D eigenvalue weighted by atomic mass is 10.0. The number of aromatic nitrogens is 5. The van der Waals surface area contributed by atoms with Crippen molar-refractivity contribution in [1.82, 2.24) is 24.7 Å². The van der Waals surface area contributed by atoms with Crippen LogP contribution < -0.4 is 10.6 Å². The molecule has 0 aliphatic carbocycles. The lowest BCUT2D eigenvalue weighted by Gasteiger charge is -2.16. The fourth-order valence-corrected chi connectivity index (χ4v) is 3.76. The highest BCUT2D eigenvalue weighted by atomic mass is 19.2. The van der Waals surface area contributed by atoms with Crippen molar-refractivity contribution >= 4 is 22.4 Å². The Morgan fingerprint density at radius 2 is 1.91 bits per heavy atom. The molecule has 160 valence electrons. The molecule has 32 heavy (non-hydrogen) atoms. The van der Waals surface area contributed by atoms with E-state index in [1.807, 2.05) is 43.3 Å². The van der Waals surface area contributed by atoms with Crippen LogP contribution in [-0.2, 0) is 0 Å². The first-order chi connectivity index (χ1) is 15.4. The van der Waals surface area contributed by atoms with Gasteiger partial charge in [-0.05, 0) is 35.9 Å². The summed E-state index contributed by atoms with van der Waals surface area (Å²) in [5, 5.41) is 8.84. The number of nitrogens with zero attached hydrogens (tertiary/aromatic N) is 5. The van der Waals surface area contributed by atoms with Crippen LogP contribution in [0.2, 0.25) is 0 Å². The predicted octanol–water partition coefficient (Wildman–Crippen LogP) is 4.40. The van der Waals surface area contributed by atoms with E-state index >= 15 is 0 Å². The van der Waals surface area contributed by atoms with Crippen LogP contribution in [0.5, 0.6) is 0 Å². The normalized spacial score (nSPS) is 11.2. The monoisotopic (exact) mass is 431 g/mol. The topological polar surface area (TPSA) is 88.7 Å². The Kier molecular flexibility index (Phi) is 4.58. The summed E-state index contributed by atoms with van der Waals surface area (Å²) < 4.78 is 29.6. The highest BCUT2D eigenvalue weighted by Gasteiger charge is 2.18. The molecule has 0 saturated carbocycles.